The maximum Gasteiger partial charge on any atom is 0.416 e. The Morgan fingerprint density at radius 3 is 2.46 bits per heavy atom. The molecule has 0 radical (unpaired) electrons. The second-order valence-electron chi connectivity index (χ2n) is 9.15. The number of halogens is 6. The zero-order valence-corrected chi connectivity index (χ0v) is 20.9. The van der Waals surface area contributed by atoms with Crippen LogP contribution in [-0.4, -0.2) is 44.9 Å². The van der Waals surface area contributed by atoms with Crippen molar-refractivity contribution in [2.75, 3.05) is 13.1 Å². The van der Waals surface area contributed by atoms with Gasteiger partial charge in [-0.1, -0.05) is 12.1 Å². The van der Waals surface area contributed by atoms with Gasteiger partial charge in [0.05, 0.1) is 34.3 Å². The number of amides is 1. The molecule has 39 heavy (non-hydrogen) atoms. The smallest absolute Gasteiger partial charge is 0.350 e. The molecule has 0 unspecified atom stereocenters. The van der Waals surface area contributed by atoms with E-state index < -0.39 is 23.5 Å². The van der Waals surface area contributed by atoms with Crippen molar-refractivity contribution >= 4 is 39.8 Å². The number of aromatic nitrogens is 2. The fourth-order valence-corrected chi connectivity index (χ4v) is 5.47. The fourth-order valence-electron chi connectivity index (χ4n) is 4.51. The van der Waals surface area contributed by atoms with Gasteiger partial charge in [0, 0.05) is 31.3 Å². The topological polar surface area (TPSA) is 54.9 Å². The Morgan fingerprint density at radius 2 is 1.79 bits per heavy atom. The van der Waals surface area contributed by atoms with Gasteiger partial charge in [-0.05, 0) is 53.2 Å². The zero-order valence-electron chi connectivity index (χ0n) is 20.1. The van der Waals surface area contributed by atoms with Crippen LogP contribution in [0, 0.1) is 6.57 Å². The summed E-state index contributed by atoms with van der Waals surface area (Å²) in [5.41, 5.74) is -1.94. The van der Waals surface area contributed by atoms with E-state index in [0.29, 0.717) is 58.5 Å². The fraction of sp³-hybridized carbons (Fsp3) is 0.308. The zero-order chi connectivity index (χ0) is 27.9. The Kier molecular flexibility index (Phi) is 6.92. The lowest BCUT2D eigenvalue weighted by molar-refractivity contribution is -0.143. The molecule has 202 valence electrons. The Balaban J connectivity index is 1.35. The number of benzene rings is 2. The third kappa shape index (κ3) is 5.66. The van der Waals surface area contributed by atoms with Crippen molar-refractivity contribution in [3.05, 3.63) is 81.2 Å². The van der Waals surface area contributed by atoms with Crippen molar-refractivity contribution in [1.29, 1.82) is 0 Å². The molecule has 0 bridgehead atoms. The van der Waals surface area contributed by atoms with Gasteiger partial charge >= 0.3 is 12.4 Å². The Labute approximate surface area is 222 Å². The molecular weight excluding hydrogens is 544 g/mol. The van der Waals surface area contributed by atoms with E-state index in [2.05, 4.69) is 14.9 Å². The third-order valence-electron chi connectivity index (χ3n) is 6.55. The number of carbonyl (C=O) groups is 1. The molecule has 6 nitrogen and oxygen atoms in total. The monoisotopic (exact) mass is 563 g/mol. The quantitative estimate of drug-likeness (QED) is 0.208. The molecule has 3 heterocycles. The van der Waals surface area contributed by atoms with Gasteiger partial charge in [-0.3, -0.25) is 9.48 Å². The highest BCUT2D eigenvalue weighted by atomic mass is 32.2. The number of alkyl halides is 6. The summed E-state index contributed by atoms with van der Waals surface area (Å²) in [5, 5.41) is 5.33. The Hall–Kier alpha value is -3.79. The molecule has 13 heteroatoms. The van der Waals surface area contributed by atoms with Crippen molar-refractivity contribution in [3.8, 4) is 0 Å². The van der Waals surface area contributed by atoms with Gasteiger partial charge in [-0.2, -0.15) is 36.4 Å². The minimum atomic E-state index is -4.97. The summed E-state index contributed by atoms with van der Waals surface area (Å²) in [6.45, 7) is 8.08. The second kappa shape index (κ2) is 10.1. The second-order valence-corrected chi connectivity index (χ2v) is 10.2. The van der Waals surface area contributed by atoms with Crippen molar-refractivity contribution in [3.63, 3.8) is 0 Å². The van der Waals surface area contributed by atoms with Crippen LogP contribution in [0.4, 0.5) is 26.3 Å². The SMILES string of the molecule is [C-]#[N+]C1CCN(C2=NC(=O)/C(=C/c3ccc4c(cnn4Cc4ccc(C(F)(F)F)cc4C(F)(F)F)c3)S2)CC1. The van der Waals surface area contributed by atoms with Crippen molar-refractivity contribution in [2.24, 2.45) is 4.99 Å². The number of hydrogen-bond donors (Lipinski definition) is 0. The summed E-state index contributed by atoms with van der Waals surface area (Å²) < 4.78 is 80.9. The maximum absolute atomic E-state index is 13.6. The van der Waals surface area contributed by atoms with Gasteiger partial charge in [0.1, 0.15) is 0 Å². The molecule has 0 atom stereocenters. The molecule has 0 saturated carbocycles. The van der Waals surface area contributed by atoms with Gasteiger partial charge in [-0.25, -0.2) is 6.57 Å². The molecule has 0 N–H and O–H groups in total. The molecule has 2 aliphatic heterocycles. The average molecular weight is 564 g/mol. The predicted molar refractivity (Wildman–Crippen MR) is 134 cm³/mol. The van der Waals surface area contributed by atoms with Crippen LogP contribution in [0.1, 0.15) is 35.1 Å². The minimum absolute atomic E-state index is 0.00841. The third-order valence-corrected chi connectivity index (χ3v) is 7.60. The lowest BCUT2D eigenvalue weighted by Gasteiger charge is -2.27. The normalized spacial score (nSPS) is 18.2. The average Bonchev–Trinajstić information content (AvgIpc) is 3.45. The number of amidine groups is 1. The van der Waals surface area contributed by atoms with Crippen molar-refractivity contribution < 1.29 is 31.1 Å². The van der Waals surface area contributed by atoms with Gasteiger partial charge in [-0.15, -0.1) is 0 Å². The first-order valence-electron chi connectivity index (χ1n) is 11.8. The van der Waals surface area contributed by atoms with E-state index >= 15 is 0 Å². The van der Waals surface area contributed by atoms with E-state index in [1.165, 1.54) is 22.6 Å². The van der Waals surface area contributed by atoms with Crippen LogP contribution in [0.25, 0.3) is 21.8 Å². The first kappa shape index (κ1) is 26.8. The van der Waals surface area contributed by atoms with E-state index in [1.807, 2.05) is 4.90 Å². The van der Waals surface area contributed by atoms with Gasteiger partial charge < -0.3 is 9.74 Å². The number of aliphatic imine (C=N–C) groups is 1. The van der Waals surface area contributed by atoms with Gasteiger partial charge in [0.15, 0.2) is 5.17 Å². The highest BCUT2D eigenvalue weighted by Gasteiger charge is 2.38. The number of thioether (sulfide) groups is 1. The van der Waals surface area contributed by atoms with Crippen molar-refractivity contribution in [2.45, 2.75) is 37.8 Å². The number of piperidine rings is 1. The summed E-state index contributed by atoms with van der Waals surface area (Å²) >= 11 is 1.25. The highest BCUT2D eigenvalue weighted by Crippen LogP contribution is 2.38. The number of nitrogens with zero attached hydrogens (tertiary/aromatic N) is 5. The summed E-state index contributed by atoms with van der Waals surface area (Å²) in [5.74, 6) is -0.375. The van der Waals surface area contributed by atoms with E-state index in [1.54, 1.807) is 24.3 Å². The largest absolute Gasteiger partial charge is 0.416 e. The molecule has 1 amide bonds. The number of fused-ring (bicyclic) bond motifs is 1. The van der Waals surface area contributed by atoms with Gasteiger partial charge in [0.2, 0.25) is 6.04 Å². The molecule has 3 aromatic rings. The van der Waals surface area contributed by atoms with Crippen LogP contribution in [0.5, 0.6) is 0 Å². The first-order chi connectivity index (χ1) is 18.4. The lowest BCUT2D eigenvalue weighted by Crippen LogP contribution is -2.37. The van der Waals surface area contributed by atoms with Crippen LogP contribution in [0.15, 0.2) is 52.5 Å². The highest BCUT2D eigenvalue weighted by molar-refractivity contribution is 8.18. The molecule has 5 rings (SSSR count). The molecule has 2 aliphatic rings. The predicted octanol–water partition coefficient (Wildman–Crippen LogP) is 6.48. The van der Waals surface area contributed by atoms with Crippen LogP contribution >= 0.6 is 11.8 Å². The van der Waals surface area contributed by atoms with E-state index in [9.17, 15) is 31.1 Å². The summed E-state index contributed by atoms with van der Waals surface area (Å²) in [7, 11) is 0. The molecule has 1 saturated heterocycles. The maximum atomic E-state index is 13.6. The number of hydrogen-bond acceptors (Lipinski definition) is 4. The Morgan fingerprint density at radius 1 is 1.05 bits per heavy atom. The molecule has 1 aromatic heterocycles. The molecule has 0 aliphatic carbocycles. The molecule has 2 aromatic carbocycles. The summed E-state index contributed by atoms with van der Waals surface area (Å²) in [6, 6.07) is 6.58. The molecule has 1 fully saturated rings. The van der Waals surface area contributed by atoms with Crippen LogP contribution < -0.4 is 0 Å². The van der Waals surface area contributed by atoms with E-state index in [-0.39, 0.29) is 30.1 Å². The number of rotatable bonds is 3. The minimum Gasteiger partial charge on any atom is -0.350 e. The number of likely N-dealkylation sites (tertiary alicyclic amines) is 1. The van der Waals surface area contributed by atoms with Gasteiger partial charge in [0.25, 0.3) is 5.91 Å². The standard InChI is InChI=1S/C26H19F6N5OS/c1-33-19-6-8-36(9-7-19)24-35-23(38)22(39-24)11-15-2-5-21-17(10-15)13-34-37(21)14-16-3-4-18(25(27,28)29)12-20(16)26(30,31)32/h2-5,10-13,19H,6-9,14H2/b22-11-. The Bertz CT molecular complexity index is 1540. The van der Waals surface area contributed by atoms with E-state index in [4.69, 9.17) is 6.57 Å². The lowest BCUT2D eigenvalue weighted by atomic mass is 10.0. The van der Waals surface area contributed by atoms with Crippen molar-refractivity contribution in [1.82, 2.24) is 14.7 Å². The van der Waals surface area contributed by atoms with Crippen LogP contribution in [0.3, 0.4) is 0 Å². The summed E-state index contributed by atoms with van der Waals surface area (Å²) in [4.78, 5) is 22.6. The van der Waals surface area contributed by atoms with Crippen LogP contribution in [-0.2, 0) is 23.7 Å². The van der Waals surface area contributed by atoms with Crippen LogP contribution in [0.2, 0.25) is 0 Å². The number of carbonyl (C=O) groups excluding carboxylic acids is 1. The molecular formula is C26H19F6N5OS. The molecule has 0 spiro atoms. The first-order valence-corrected chi connectivity index (χ1v) is 12.6. The summed E-state index contributed by atoms with van der Waals surface area (Å²) in [6.07, 6.45) is -5.33. The van der Waals surface area contributed by atoms with E-state index in [0.717, 1.165) is 6.07 Å².